The maximum Gasteiger partial charge on any atom is 0.0967 e. The van der Waals surface area contributed by atoms with Crippen molar-refractivity contribution in [3.8, 4) is 0 Å². The summed E-state index contributed by atoms with van der Waals surface area (Å²) in [4.78, 5) is 0. The number of alkyl halides is 2. The molecule has 1 N–H and O–H groups in total. The fourth-order valence-electron chi connectivity index (χ4n) is 0. The number of aliphatic hydroxyl groups is 1. The highest BCUT2D eigenvalue weighted by Gasteiger charge is 1.66. The van der Waals surface area contributed by atoms with Gasteiger partial charge in [-0.15, -0.1) is 23.2 Å². The third-order valence-electron chi connectivity index (χ3n) is 0. The minimum Gasteiger partial charge on any atom is -0.617 e. The van der Waals surface area contributed by atoms with Gasteiger partial charge >= 0.3 is 0 Å². The first-order chi connectivity index (χ1) is 4.15. The van der Waals surface area contributed by atoms with Crippen LogP contribution in [-0.4, -0.2) is 34.6 Å². The molecular weight excluding hydrogens is 183 g/mol. The molecule has 0 aliphatic carbocycles. The summed E-state index contributed by atoms with van der Waals surface area (Å²) in [6.45, 7) is 0. The lowest BCUT2D eigenvalue weighted by atomic mass is 11.8. The molecule has 0 saturated carbocycles. The third-order valence-corrected chi connectivity index (χ3v) is 0. The SMILES string of the molecule is CO.C[S+](C)[O-].ClCCl. The van der Waals surface area contributed by atoms with Crippen molar-refractivity contribution < 1.29 is 9.66 Å². The average Bonchev–Trinajstić information content (AvgIpc) is 1.71. The lowest BCUT2D eigenvalue weighted by Gasteiger charge is -1.87. The normalized spacial score (nSPS) is 6.67. The summed E-state index contributed by atoms with van der Waals surface area (Å²) >= 11 is 8.92. The number of rotatable bonds is 0. The van der Waals surface area contributed by atoms with Gasteiger partial charge in [0.2, 0.25) is 0 Å². The number of aliphatic hydroxyl groups excluding tert-OH is 1. The van der Waals surface area contributed by atoms with Crippen molar-refractivity contribution in [2.24, 2.45) is 0 Å². The first-order valence-corrected chi connectivity index (χ1v) is 5.00. The third kappa shape index (κ3) is 575. The van der Waals surface area contributed by atoms with Gasteiger partial charge in [0, 0.05) is 7.11 Å². The Labute approximate surface area is 69.3 Å². The Morgan fingerprint density at radius 2 is 1.33 bits per heavy atom. The van der Waals surface area contributed by atoms with Crippen LogP contribution in [0.5, 0.6) is 0 Å². The van der Waals surface area contributed by atoms with Gasteiger partial charge in [0.1, 0.15) is 0 Å². The molecule has 0 spiro atoms. The van der Waals surface area contributed by atoms with Crippen LogP contribution in [0.3, 0.4) is 0 Å². The topological polar surface area (TPSA) is 43.3 Å². The molecule has 0 radical (unpaired) electrons. The average molecular weight is 195 g/mol. The Morgan fingerprint density at radius 1 is 1.33 bits per heavy atom. The molecule has 0 fully saturated rings. The zero-order chi connectivity index (χ0) is 8.28. The molecule has 5 heteroatoms. The molecule has 0 aromatic carbocycles. The second-order valence-corrected chi connectivity index (χ2v) is 3.13. The van der Waals surface area contributed by atoms with Crippen LogP contribution in [-0.2, 0) is 11.2 Å². The zero-order valence-electron chi connectivity index (χ0n) is 5.73. The standard InChI is InChI=1S/C2H6OS.CH2Cl2.CH4O/c1-4(2)3;2-1-3;1-2/h1-2H3;1H2;2H,1H3. The van der Waals surface area contributed by atoms with Gasteiger partial charge < -0.3 is 9.66 Å². The Hall–Kier alpha value is 0.850. The van der Waals surface area contributed by atoms with Gasteiger partial charge in [-0.2, -0.15) is 0 Å². The van der Waals surface area contributed by atoms with Crippen molar-refractivity contribution in [3.05, 3.63) is 0 Å². The highest BCUT2D eigenvalue weighted by molar-refractivity contribution is 7.89. The number of hydrogen-bond donors (Lipinski definition) is 1. The molecule has 0 aliphatic rings. The summed E-state index contributed by atoms with van der Waals surface area (Å²) in [6.07, 6.45) is 3.28. The summed E-state index contributed by atoms with van der Waals surface area (Å²) < 4.78 is 9.56. The van der Waals surface area contributed by atoms with Crippen LogP contribution in [0, 0.1) is 0 Å². The minimum absolute atomic E-state index is 0.194. The van der Waals surface area contributed by atoms with Crippen LogP contribution in [0.4, 0.5) is 0 Å². The van der Waals surface area contributed by atoms with E-state index >= 15 is 0 Å². The molecule has 0 atom stereocenters. The first-order valence-electron chi connectivity index (χ1n) is 1.96. The largest absolute Gasteiger partial charge is 0.617 e. The second-order valence-electron chi connectivity index (χ2n) is 0.843. The molecule has 0 heterocycles. The molecular formula is C4H12Cl2O2S. The van der Waals surface area contributed by atoms with Crippen molar-refractivity contribution in [2.45, 2.75) is 0 Å². The highest BCUT2D eigenvalue weighted by Crippen LogP contribution is 1.73. The zero-order valence-corrected chi connectivity index (χ0v) is 8.06. The van der Waals surface area contributed by atoms with E-state index in [9.17, 15) is 4.55 Å². The van der Waals surface area contributed by atoms with Crippen LogP contribution in [0.1, 0.15) is 0 Å². The molecule has 2 nitrogen and oxygen atoms in total. The second kappa shape index (κ2) is 23.2. The fraction of sp³-hybridized carbons (Fsp3) is 1.00. The van der Waals surface area contributed by atoms with Gasteiger partial charge in [-0.25, -0.2) is 0 Å². The Kier molecular flexibility index (Phi) is 42.4. The predicted molar refractivity (Wildman–Crippen MR) is 44.7 cm³/mol. The van der Waals surface area contributed by atoms with E-state index < -0.39 is 11.2 Å². The summed E-state index contributed by atoms with van der Waals surface area (Å²) in [5, 5.41) is 7.19. The fourth-order valence-corrected chi connectivity index (χ4v) is 0. The van der Waals surface area contributed by atoms with Crippen LogP contribution in [0.2, 0.25) is 0 Å². The van der Waals surface area contributed by atoms with Crippen molar-refractivity contribution >= 4 is 34.4 Å². The van der Waals surface area contributed by atoms with Gasteiger partial charge in [-0.3, -0.25) is 0 Å². The van der Waals surface area contributed by atoms with Crippen molar-refractivity contribution in [1.82, 2.24) is 0 Å². The van der Waals surface area contributed by atoms with E-state index in [1.165, 1.54) is 0 Å². The summed E-state index contributed by atoms with van der Waals surface area (Å²) in [7, 11) is 1.00. The van der Waals surface area contributed by atoms with E-state index in [1.54, 1.807) is 12.5 Å². The highest BCUT2D eigenvalue weighted by atomic mass is 35.5. The molecule has 0 unspecified atom stereocenters. The van der Waals surface area contributed by atoms with Crippen LogP contribution in [0.25, 0.3) is 0 Å². The van der Waals surface area contributed by atoms with Crippen molar-refractivity contribution in [1.29, 1.82) is 0 Å². The van der Waals surface area contributed by atoms with E-state index in [0.29, 0.717) is 0 Å². The molecule has 9 heavy (non-hydrogen) atoms. The maximum absolute atomic E-state index is 9.56. The van der Waals surface area contributed by atoms with Crippen LogP contribution in [0.15, 0.2) is 0 Å². The molecule has 0 rings (SSSR count). The van der Waals surface area contributed by atoms with E-state index in [1.807, 2.05) is 0 Å². The van der Waals surface area contributed by atoms with Gasteiger partial charge in [-0.05, 0) is 0 Å². The van der Waals surface area contributed by atoms with E-state index in [2.05, 4.69) is 0 Å². The first kappa shape index (κ1) is 16.4. The summed E-state index contributed by atoms with van der Waals surface area (Å²) in [5.41, 5.74) is 0. The van der Waals surface area contributed by atoms with Gasteiger partial charge in [-0.1, -0.05) is 11.2 Å². The predicted octanol–water partition coefficient (Wildman–Crippen LogP) is 1.02. The van der Waals surface area contributed by atoms with E-state index in [4.69, 9.17) is 28.3 Å². The van der Waals surface area contributed by atoms with Gasteiger partial charge in [0.15, 0.2) is 0 Å². The number of halogens is 2. The molecule has 0 aromatic rings. The Bertz CT molecular complexity index is 27.8. The molecule has 0 aromatic heterocycles. The molecule has 0 aliphatic heterocycles. The number of hydrogen-bond acceptors (Lipinski definition) is 2. The summed E-state index contributed by atoms with van der Waals surface area (Å²) in [5.74, 6) is 0. The van der Waals surface area contributed by atoms with E-state index in [-0.39, 0.29) is 5.34 Å². The quantitative estimate of drug-likeness (QED) is 0.463. The Balaban J connectivity index is -0.0000000646. The van der Waals surface area contributed by atoms with Crippen molar-refractivity contribution in [3.63, 3.8) is 0 Å². The lowest BCUT2D eigenvalue weighted by Crippen LogP contribution is -1.86. The molecule has 0 amide bonds. The van der Waals surface area contributed by atoms with Crippen LogP contribution >= 0.6 is 23.2 Å². The van der Waals surface area contributed by atoms with Crippen molar-refractivity contribution in [2.75, 3.05) is 25.0 Å². The lowest BCUT2D eigenvalue weighted by molar-refractivity contribution is 0.399. The van der Waals surface area contributed by atoms with Crippen LogP contribution < -0.4 is 0 Å². The van der Waals surface area contributed by atoms with Gasteiger partial charge in [0.05, 0.1) is 17.9 Å². The molecule has 0 bridgehead atoms. The molecule has 60 valence electrons. The monoisotopic (exact) mass is 194 g/mol. The Morgan fingerprint density at radius 3 is 1.33 bits per heavy atom. The summed E-state index contributed by atoms with van der Waals surface area (Å²) in [6, 6.07) is 0. The smallest absolute Gasteiger partial charge is 0.0967 e. The van der Waals surface area contributed by atoms with E-state index in [0.717, 1.165) is 7.11 Å². The van der Waals surface area contributed by atoms with Gasteiger partial charge in [0.25, 0.3) is 0 Å². The maximum atomic E-state index is 9.56. The minimum atomic E-state index is -0.611. The molecule has 0 saturated heterocycles.